The second kappa shape index (κ2) is 10.7. The second-order valence-corrected chi connectivity index (χ2v) is 7.15. The molecule has 1 N–H and O–H groups in total. The fraction of sp³-hybridized carbons (Fsp3) is 0.143. The van der Waals surface area contributed by atoms with Crippen LogP contribution in [0.3, 0.4) is 0 Å². The van der Waals surface area contributed by atoms with Gasteiger partial charge in [-0.2, -0.15) is 0 Å². The second-order valence-electron chi connectivity index (χ2n) is 5.86. The first-order valence-electron chi connectivity index (χ1n) is 8.20. The predicted octanol–water partition coefficient (Wildman–Crippen LogP) is 5.53. The maximum absolute atomic E-state index is 10.3. The molecule has 26 heavy (non-hydrogen) atoms. The van der Waals surface area contributed by atoms with Crippen LogP contribution in [0.25, 0.3) is 5.32 Å². The van der Waals surface area contributed by atoms with Gasteiger partial charge in [-0.1, -0.05) is 80.9 Å². The monoisotopic (exact) mass is 417 g/mol. The Morgan fingerprint density at radius 3 is 2.27 bits per heavy atom. The van der Waals surface area contributed by atoms with E-state index in [0.29, 0.717) is 20.9 Å². The van der Waals surface area contributed by atoms with Crippen LogP contribution in [0.1, 0.15) is 16.7 Å². The molecule has 0 aromatic heterocycles. The van der Waals surface area contributed by atoms with Gasteiger partial charge in [0, 0.05) is 5.30 Å². The maximum atomic E-state index is 10.3. The number of benzene rings is 3. The summed E-state index contributed by atoms with van der Waals surface area (Å²) in [4.78, 5) is 0. The van der Waals surface area contributed by atoms with Gasteiger partial charge in [0.05, 0.1) is 0 Å². The minimum atomic E-state index is 0.407. The Hall–Kier alpha value is -1.31. The van der Waals surface area contributed by atoms with E-state index in [1.165, 1.54) is 35.8 Å². The summed E-state index contributed by atoms with van der Waals surface area (Å²) in [6.45, 7) is 4.72. The third kappa shape index (κ3) is 5.59. The molecule has 0 bridgehead atoms. The Morgan fingerprint density at radius 2 is 1.54 bits per heavy atom. The molecule has 3 aromatic rings. The van der Waals surface area contributed by atoms with Crippen LogP contribution >= 0.6 is 17.9 Å². The van der Waals surface area contributed by atoms with Gasteiger partial charge in [-0.3, -0.25) is 0 Å². The summed E-state index contributed by atoms with van der Waals surface area (Å²) in [6.07, 6.45) is 0. The topological polar surface area (TPSA) is 34.3 Å². The molecule has 0 saturated carbocycles. The average Bonchev–Trinajstić information content (AvgIpc) is 2.68. The van der Waals surface area contributed by atoms with E-state index in [1.807, 2.05) is 55.5 Å². The first-order chi connectivity index (χ1) is 12.6. The van der Waals surface area contributed by atoms with Crippen molar-refractivity contribution in [1.29, 1.82) is 0 Å². The summed E-state index contributed by atoms with van der Waals surface area (Å²) >= 11 is 1.47. The molecule has 1 unspecified atom stereocenters. The van der Waals surface area contributed by atoms with Crippen molar-refractivity contribution in [3.8, 4) is 5.75 Å². The number of nitrogens with zero attached hydrogens (tertiary/aromatic N) is 1. The summed E-state index contributed by atoms with van der Waals surface area (Å²) < 4.78 is 0. The zero-order chi connectivity index (χ0) is 18.9. The number of hydrogen-bond donors (Lipinski definition) is 1. The van der Waals surface area contributed by atoms with Crippen LogP contribution in [-0.2, 0) is 25.9 Å². The van der Waals surface area contributed by atoms with Gasteiger partial charge in [0.2, 0.25) is 0 Å². The number of rotatable bonds is 5. The van der Waals surface area contributed by atoms with Crippen LogP contribution in [0.5, 0.6) is 5.75 Å². The molecular formula is C21H21ClNOPTi. The summed E-state index contributed by atoms with van der Waals surface area (Å²) in [5.74, 6) is 0.407. The van der Waals surface area contributed by atoms with Gasteiger partial charge in [-0.15, -0.1) is 12.2 Å². The molecule has 3 aromatic carbocycles. The minimum absolute atomic E-state index is 0.407. The van der Waals surface area contributed by atoms with Gasteiger partial charge in [0.25, 0.3) is 0 Å². The van der Waals surface area contributed by atoms with Crippen molar-refractivity contribution in [1.82, 2.24) is 0 Å². The van der Waals surface area contributed by atoms with E-state index in [2.05, 4.69) is 34.4 Å². The van der Waals surface area contributed by atoms with E-state index in [1.54, 1.807) is 0 Å². The van der Waals surface area contributed by atoms with Gasteiger partial charge in [-0.25, -0.2) is 0 Å². The van der Waals surface area contributed by atoms with E-state index in [0.717, 1.165) is 16.6 Å². The fourth-order valence-corrected chi connectivity index (χ4v) is 4.01. The summed E-state index contributed by atoms with van der Waals surface area (Å²) in [6, 6.07) is 22.3. The molecular weight excluding hydrogens is 397 g/mol. The van der Waals surface area contributed by atoms with Crippen LogP contribution in [-0.4, -0.2) is 5.11 Å². The van der Waals surface area contributed by atoms with Crippen molar-refractivity contribution in [2.45, 2.75) is 20.4 Å². The zero-order valence-corrected chi connectivity index (χ0v) is 18.1. The Morgan fingerprint density at radius 1 is 0.885 bits per heavy atom. The van der Waals surface area contributed by atoms with Crippen molar-refractivity contribution < 1.29 is 24.5 Å². The third-order valence-corrected chi connectivity index (χ3v) is 5.68. The Kier molecular flexibility index (Phi) is 8.68. The van der Waals surface area contributed by atoms with Gasteiger partial charge in [0.1, 0.15) is 5.75 Å². The molecule has 0 saturated heterocycles. The van der Waals surface area contributed by atoms with E-state index in [-0.39, 0.29) is 0 Å². The first-order valence-corrected chi connectivity index (χ1v) is 11.4. The Balaban J connectivity index is 0.00000117. The molecule has 0 heterocycles. The van der Waals surface area contributed by atoms with E-state index < -0.39 is 0 Å². The fourth-order valence-electron chi connectivity index (χ4n) is 2.64. The van der Waals surface area contributed by atoms with Crippen LogP contribution in [0, 0.1) is 13.8 Å². The molecule has 0 radical (unpaired) electrons. The Bertz CT molecular complexity index is 843. The SMILES string of the molecule is Cc1cccc(Pc2c(C)cccc2C[N-]c2ccccc2)c1O.[Cl][Ti+]. The molecule has 2 nitrogen and oxygen atoms in total. The summed E-state index contributed by atoms with van der Waals surface area (Å²) in [5.41, 5.74) is 4.38. The molecule has 5 heteroatoms. The Labute approximate surface area is 173 Å². The molecule has 1 atom stereocenters. The number of phenols is 1. The van der Waals surface area contributed by atoms with Gasteiger partial charge >= 0.3 is 28.7 Å². The quantitative estimate of drug-likeness (QED) is 0.430. The number of aromatic hydroxyl groups is 1. The van der Waals surface area contributed by atoms with E-state index in [9.17, 15) is 5.11 Å². The number of halogens is 1. The van der Waals surface area contributed by atoms with Gasteiger partial charge < -0.3 is 10.4 Å². The van der Waals surface area contributed by atoms with Crippen LogP contribution in [0.15, 0.2) is 66.7 Å². The van der Waals surface area contributed by atoms with Crippen molar-refractivity contribution >= 4 is 34.2 Å². The van der Waals surface area contributed by atoms with Crippen molar-refractivity contribution in [2.75, 3.05) is 0 Å². The standard InChI is InChI=1S/C21H21NOP.ClH.Ti/c1-15-8-7-13-19(20(15)23)24-21-16(2)9-6-10-17(21)14-22-18-11-4-3-5-12-18;;/h3-13,23-24H,14H2,1-2H3;1H;/q-1;;+2/p-1. The summed E-state index contributed by atoms with van der Waals surface area (Å²) in [5, 5.41) is 17.3. The molecule has 0 fully saturated rings. The number of aryl methyl sites for hydroxylation is 2. The van der Waals surface area contributed by atoms with Crippen LogP contribution < -0.4 is 10.6 Å². The van der Waals surface area contributed by atoms with E-state index >= 15 is 0 Å². The molecule has 0 amide bonds. The average molecular weight is 418 g/mol. The normalized spacial score (nSPS) is 10.4. The van der Waals surface area contributed by atoms with Crippen molar-refractivity contribution in [2.24, 2.45) is 0 Å². The number of hydrogen-bond acceptors (Lipinski definition) is 1. The molecule has 0 aliphatic carbocycles. The number of phenolic OH excluding ortho intramolecular Hbond substituents is 1. The molecule has 0 aliphatic rings. The van der Waals surface area contributed by atoms with Gasteiger partial charge in [-0.05, 0) is 30.3 Å². The summed E-state index contributed by atoms with van der Waals surface area (Å²) in [7, 11) is 5.07. The molecule has 3 rings (SSSR count). The number of para-hydroxylation sites is 2. The van der Waals surface area contributed by atoms with Gasteiger partial charge in [0.15, 0.2) is 0 Å². The first kappa shape index (κ1) is 21.0. The van der Waals surface area contributed by atoms with E-state index in [4.69, 9.17) is 5.32 Å². The van der Waals surface area contributed by atoms with Crippen molar-refractivity contribution in [3.63, 3.8) is 0 Å². The molecule has 0 aliphatic heterocycles. The predicted molar refractivity (Wildman–Crippen MR) is 111 cm³/mol. The zero-order valence-electron chi connectivity index (χ0n) is 14.8. The third-order valence-electron chi connectivity index (χ3n) is 4.04. The van der Waals surface area contributed by atoms with Crippen LogP contribution in [0.4, 0.5) is 5.69 Å². The van der Waals surface area contributed by atoms with Crippen LogP contribution in [0.2, 0.25) is 0 Å². The van der Waals surface area contributed by atoms with Crippen molar-refractivity contribution in [3.05, 3.63) is 88.7 Å². The molecule has 0 spiro atoms. The molecule has 132 valence electrons.